The molecule has 1 aliphatic rings. The molecule has 4 nitrogen and oxygen atoms in total. The first-order chi connectivity index (χ1) is 31.0. The van der Waals surface area contributed by atoms with E-state index in [1.165, 1.54) is 16.2 Å². The highest BCUT2D eigenvalue weighted by Gasteiger charge is 2.24. The summed E-state index contributed by atoms with van der Waals surface area (Å²) in [5, 5.41) is 4.48. The van der Waals surface area contributed by atoms with E-state index in [9.17, 15) is 0 Å². The Balaban J connectivity index is 1.27. The number of rotatable bonds is 8. The van der Waals surface area contributed by atoms with Gasteiger partial charge in [0.25, 0.3) is 0 Å². The number of aromatic nitrogens is 3. The molecule has 7 aromatic carbocycles. The average Bonchev–Trinajstić information content (AvgIpc) is 3.66. The predicted octanol–water partition coefficient (Wildman–Crippen LogP) is 13.5. The second-order valence-corrected chi connectivity index (χ2v) is 15.9. The fourth-order valence-corrected chi connectivity index (χ4v) is 9.02. The summed E-state index contributed by atoms with van der Waals surface area (Å²) in [5.41, 5.74) is 15.2. The lowest BCUT2D eigenvalue weighted by atomic mass is 9.89. The van der Waals surface area contributed by atoms with Gasteiger partial charge in [0.2, 0.25) is 0 Å². The molecule has 9 aromatic rings. The molecule has 63 heavy (non-hydrogen) atoms. The SMILES string of the molecule is C=C(/C=C\C=C/C)c1ccccc1-c1cc(N2C(=C)/C=c3\c(c4ccccc4n3-c3ccccc3)=C/Cc3ccccc32)cc(-c2nc(-c3ccccc3)c3ccccc3n2)c1C. The van der Waals surface area contributed by atoms with Crippen molar-refractivity contribution in [2.24, 2.45) is 0 Å². The molecular formula is C59H46N4. The van der Waals surface area contributed by atoms with E-state index in [2.05, 4.69) is 199 Å². The molecule has 302 valence electrons. The van der Waals surface area contributed by atoms with Gasteiger partial charge in [-0.3, -0.25) is 0 Å². The topological polar surface area (TPSA) is 34.0 Å². The smallest absolute Gasteiger partial charge is 0.160 e. The second-order valence-electron chi connectivity index (χ2n) is 15.9. The van der Waals surface area contributed by atoms with E-state index in [1.54, 1.807) is 0 Å². The fraction of sp³-hybridized carbons (Fsp3) is 0.0508. The van der Waals surface area contributed by atoms with Crippen molar-refractivity contribution in [3.8, 4) is 39.5 Å². The molecule has 0 fully saturated rings. The normalized spacial score (nSPS) is 13.8. The second kappa shape index (κ2) is 16.8. The molecule has 0 saturated heterocycles. The Kier molecular flexibility index (Phi) is 10.4. The van der Waals surface area contributed by atoms with Crippen LogP contribution in [0.5, 0.6) is 0 Å². The van der Waals surface area contributed by atoms with Crippen molar-refractivity contribution < 1.29 is 0 Å². The van der Waals surface area contributed by atoms with Crippen molar-refractivity contribution in [3.63, 3.8) is 0 Å². The van der Waals surface area contributed by atoms with Gasteiger partial charge in [0.05, 0.1) is 22.1 Å². The molecule has 0 spiro atoms. The highest BCUT2D eigenvalue weighted by atomic mass is 15.2. The summed E-state index contributed by atoms with van der Waals surface area (Å²) in [7, 11) is 0. The van der Waals surface area contributed by atoms with Crippen LogP contribution in [0.1, 0.15) is 23.6 Å². The van der Waals surface area contributed by atoms with E-state index in [0.29, 0.717) is 5.82 Å². The number of anilines is 2. The molecule has 1 aliphatic heterocycles. The van der Waals surface area contributed by atoms with E-state index in [4.69, 9.17) is 16.5 Å². The summed E-state index contributed by atoms with van der Waals surface area (Å²) in [6, 6.07) is 59.8. The van der Waals surface area contributed by atoms with Gasteiger partial charge in [-0.25, -0.2) is 9.97 Å². The van der Waals surface area contributed by atoms with Crippen LogP contribution in [0.2, 0.25) is 0 Å². The minimum absolute atomic E-state index is 0.657. The van der Waals surface area contributed by atoms with Crippen LogP contribution in [0.15, 0.2) is 213 Å². The van der Waals surface area contributed by atoms with Gasteiger partial charge in [0.1, 0.15) is 0 Å². The molecule has 4 heteroatoms. The third-order valence-corrected chi connectivity index (χ3v) is 12.0. The molecule has 0 unspecified atom stereocenters. The van der Waals surface area contributed by atoms with Crippen molar-refractivity contribution in [1.29, 1.82) is 0 Å². The maximum Gasteiger partial charge on any atom is 0.160 e. The van der Waals surface area contributed by atoms with Gasteiger partial charge in [0, 0.05) is 49.9 Å². The molecule has 3 heterocycles. The lowest BCUT2D eigenvalue weighted by Crippen LogP contribution is -2.30. The van der Waals surface area contributed by atoms with E-state index < -0.39 is 0 Å². The summed E-state index contributed by atoms with van der Waals surface area (Å²) in [5.74, 6) is 0.657. The molecule has 2 aromatic heterocycles. The first-order valence-corrected chi connectivity index (χ1v) is 21.5. The zero-order valence-electron chi connectivity index (χ0n) is 35.5. The summed E-state index contributed by atoms with van der Waals surface area (Å²) in [6.45, 7) is 13.7. The first kappa shape index (κ1) is 39.1. The summed E-state index contributed by atoms with van der Waals surface area (Å²) < 4.78 is 2.36. The number of fused-ring (bicyclic) bond motifs is 5. The fourth-order valence-electron chi connectivity index (χ4n) is 9.02. The van der Waals surface area contributed by atoms with Crippen LogP contribution in [0.3, 0.4) is 0 Å². The molecule has 0 atom stereocenters. The van der Waals surface area contributed by atoms with Gasteiger partial charge < -0.3 is 9.47 Å². The molecule has 0 bridgehead atoms. The van der Waals surface area contributed by atoms with Crippen molar-refractivity contribution >= 4 is 50.9 Å². The largest absolute Gasteiger partial charge is 0.311 e. The van der Waals surface area contributed by atoms with Gasteiger partial charge in [-0.1, -0.05) is 171 Å². The molecule has 0 saturated carbocycles. The van der Waals surface area contributed by atoms with E-state index >= 15 is 0 Å². The van der Waals surface area contributed by atoms with Gasteiger partial charge >= 0.3 is 0 Å². The minimum Gasteiger partial charge on any atom is -0.311 e. The van der Waals surface area contributed by atoms with Crippen LogP contribution in [-0.2, 0) is 6.42 Å². The molecular weight excluding hydrogens is 765 g/mol. The number of hydrogen-bond acceptors (Lipinski definition) is 3. The minimum atomic E-state index is 0.657. The zero-order valence-corrected chi connectivity index (χ0v) is 35.5. The Morgan fingerprint density at radius 3 is 2.16 bits per heavy atom. The lowest BCUT2D eigenvalue weighted by molar-refractivity contribution is 1.06. The first-order valence-electron chi connectivity index (χ1n) is 21.5. The van der Waals surface area contributed by atoms with E-state index in [-0.39, 0.29) is 0 Å². The third-order valence-electron chi connectivity index (χ3n) is 12.0. The Bertz CT molecular complexity index is 3420. The Morgan fingerprint density at radius 2 is 1.33 bits per heavy atom. The molecule has 0 N–H and O–H groups in total. The lowest BCUT2D eigenvalue weighted by Gasteiger charge is -2.29. The van der Waals surface area contributed by atoms with Crippen molar-refractivity contribution in [1.82, 2.24) is 14.5 Å². The van der Waals surface area contributed by atoms with Crippen LogP contribution in [0.4, 0.5) is 11.4 Å². The summed E-state index contributed by atoms with van der Waals surface area (Å²) in [6.07, 6.45) is 13.5. The van der Waals surface area contributed by atoms with E-state index in [1.807, 2.05) is 37.3 Å². The molecule has 10 rings (SSSR count). The maximum atomic E-state index is 5.44. The average molecular weight is 811 g/mol. The van der Waals surface area contributed by atoms with Gasteiger partial charge in [-0.2, -0.15) is 0 Å². The summed E-state index contributed by atoms with van der Waals surface area (Å²) in [4.78, 5) is 13.1. The molecule has 0 aliphatic carbocycles. The molecule has 0 radical (unpaired) electrons. The predicted molar refractivity (Wildman–Crippen MR) is 266 cm³/mol. The number of benzene rings is 7. The highest BCUT2D eigenvalue weighted by molar-refractivity contribution is 5.96. The number of hydrogen-bond donors (Lipinski definition) is 0. The van der Waals surface area contributed by atoms with Crippen LogP contribution in [0, 0.1) is 6.92 Å². The quantitative estimate of drug-likeness (QED) is 0.143. The third kappa shape index (κ3) is 7.22. The van der Waals surface area contributed by atoms with Gasteiger partial charge in [-0.05, 0) is 102 Å². The monoisotopic (exact) mass is 810 g/mol. The van der Waals surface area contributed by atoms with Gasteiger partial charge in [0.15, 0.2) is 5.82 Å². The summed E-state index contributed by atoms with van der Waals surface area (Å²) >= 11 is 0. The Labute approximate surface area is 368 Å². The molecule has 0 amide bonds. The maximum absolute atomic E-state index is 5.44. The van der Waals surface area contributed by atoms with Gasteiger partial charge in [-0.15, -0.1) is 0 Å². The van der Waals surface area contributed by atoms with Crippen LogP contribution in [0.25, 0.3) is 79.0 Å². The van der Waals surface area contributed by atoms with Crippen LogP contribution >= 0.6 is 0 Å². The zero-order chi connectivity index (χ0) is 42.9. The number of allylic oxidation sites excluding steroid dienone is 6. The number of para-hydroxylation sites is 4. The van der Waals surface area contributed by atoms with Crippen molar-refractivity contribution in [3.05, 3.63) is 240 Å². The Hall–Kier alpha value is -8.08. The number of nitrogens with zero attached hydrogens (tertiary/aromatic N) is 4. The standard InChI is InChI=1S/C59H46N4/c1-5-6-9-22-40(2)47-28-15-16-29-48(47)52-38-46(39-53(42(52)4)59-60-54-32-19-17-31-51(54)58(61-59)44-24-10-7-11-25-44)62-41(3)37-57-50(36-35-43-23-14-20-33-55(43)62)49-30-18-21-34-56(49)63(57)45-26-12-8-13-27-45/h5-34,36-39H,2-3,35H2,1,4H3/b6-5-,22-9-,50-36-,57-37+. The van der Waals surface area contributed by atoms with Crippen molar-refractivity contribution in [2.45, 2.75) is 20.3 Å². The highest BCUT2D eigenvalue weighted by Crippen LogP contribution is 2.43. The van der Waals surface area contributed by atoms with E-state index in [0.717, 1.165) is 95.6 Å². The van der Waals surface area contributed by atoms with Crippen molar-refractivity contribution in [2.75, 3.05) is 4.90 Å². The van der Waals surface area contributed by atoms with Crippen LogP contribution in [-0.4, -0.2) is 14.5 Å². The Morgan fingerprint density at radius 1 is 0.651 bits per heavy atom. The van der Waals surface area contributed by atoms with Crippen LogP contribution < -0.4 is 15.5 Å².